The van der Waals surface area contributed by atoms with E-state index in [1.165, 1.54) is 18.2 Å². The van der Waals surface area contributed by atoms with Crippen LogP contribution in [0.15, 0.2) is 48.7 Å². The van der Waals surface area contributed by atoms with Crippen LogP contribution in [0, 0.1) is 0 Å². The third-order valence-corrected chi connectivity index (χ3v) is 5.64. The van der Waals surface area contributed by atoms with Crippen molar-refractivity contribution in [1.29, 1.82) is 0 Å². The van der Waals surface area contributed by atoms with Crippen LogP contribution in [0.4, 0.5) is 5.69 Å². The zero-order valence-electron chi connectivity index (χ0n) is 17.4. The molecule has 0 bridgehead atoms. The van der Waals surface area contributed by atoms with E-state index >= 15 is 0 Å². The van der Waals surface area contributed by atoms with Crippen LogP contribution in [-0.4, -0.2) is 65.2 Å². The summed E-state index contributed by atoms with van der Waals surface area (Å²) >= 11 is 0. The molecule has 4 rings (SSSR count). The number of benzene rings is 2. The van der Waals surface area contributed by atoms with E-state index in [2.05, 4.69) is 4.98 Å². The first-order valence-electron chi connectivity index (χ1n) is 10.0. The first-order valence-corrected chi connectivity index (χ1v) is 10.0. The summed E-state index contributed by atoms with van der Waals surface area (Å²) in [7, 11) is 1.52. The number of carbonyl (C=O) groups is 3. The second-order valence-electron chi connectivity index (χ2n) is 7.64. The number of ketones is 1. The predicted molar refractivity (Wildman–Crippen MR) is 117 cm³/mol. The minimum absolute atomic E-state index is 0.140. The van der Waals surface area contributed by atoms with Crippen molar-refractivity contribution in [3.63, 3.8) is 0 Å². The molecule has 0 radical (unpaired) electrons. The summed E-state index contributed by atoms with van der Waals surface area (Å²) in [5.41, 5.74) is 7.82. The number of hydrogen-bond donors (Lipinski definition) is 2. The van der Waals surface area contributed by atoms with Gasteiger partial charge in [-0.1, -0.05) is 12.1 Å². The van der Waals surface area contributed by atoms with Gasteiger partial charge in [0.15, 0.2) is 0 Å². The van der Waals surface area contributed by atoms with E-state index < -0.39 is 11.7 Å². The molecule has 0 spiro atoms. The van der Waals surface area contributed by atoms with Crippen LogP contribution >= 0.6 is 0 Å². The number of rotatable bonds is 4. The van der Waals surface area contributed by atoms with Crippen molar-refractivity contribution in [2.24, 2.45) is 0 Å². The Morgan fingerprint density at radius 1 is 1.13 bits per heavy atom. The number of Topliss-reactive ketones (excluding diaryl/α,β-unsaturated/α-hetero) is 1. The van der Waals surface area contributed by atoms with Gasteiger partial charge in [-0.25, -0.2) is 0 Å². The number of nitrogens with one attached hydrogen (secondary N) is 1. The monoisotopic (exact) mass is 420 g/mol. The highest BCUT2D eigenvalue weighted by atomic mass is 16.5. The molecule has 3 N–H and O–H groups in total. The smallest absolute Gasteiger partial charge is 0.295 e. The number of nitrogens with two attached hydrogens (primary N) is 1. The zero-order chi connectivity index (χ0) is 22.1. The molecule has 1 aliphatic heterocycles. The Morgan fingerprint density at radius 3 is 2.61 bits per heavy atom. The molecule has 8 heteroatoms. The number of nitrogens with zero attached hydrogens (tertiary/aromatic N) is 2. The van der Waals surface area contributed by atoms with Crippen molar-refractivity contribution >= 4 is 34.2 Å². The van der Waals surface area contributed by atoms with Crippen LogP contribution in [0.25, 0.3) is 10.9 Å². The maximum Gasteiger partial charge on any atom is 0.295 e. The first-order chi connectivity index (χ1) is 14.9. The molecule has 0 unspecified atom stereocenters. The van der Waals surface area contributed by atoms with Crippen LogP contribution < -0.4 is 10.5 Å². The predicted octanol–water partition coefficient (Wildman–Crippen LogP) is 2.31. The SMILES string of the molecule is COc1cccc2[nH]cc(C(=O)C(=O)N3CCN(C(=O)c4cccc(N)c4)C[C@H]3C)c12. The topological polar surface area (TPSA) is 109 Å². The lowest BCUT2D eigenvalue weighted by atomic mass is 10.1. The van der Waals surface area contributed by atoms with Gasteiger partial charge >= 0.3 is 0 Å². The number of aromatic nitrogens is 1. The summed E-state index contributed by atoms with van der Waals surface area (Å²) in [6.07, 6.45) is 1.54. The number of aromatic amines is 1. The normalized spacial score (nSPS) is 16.4. The maximum atomic E-state index is 13.0. The van der Waals surface area contributed by atoms with Crippen LogP contribution in [0.3, 0.4) is 0 Å². The summed E-state index contributed by atoms with van der Waals surface area (Å²) in [6.45, 7) is 2.79. The molecule has 3 aromatic rings. The lowest BCUT2D eigenvalue weighted by molar-refractivity contribution is -0.130. The average molecular weight is 420 g/mol. The second-order valence-corrected chi connectivity index (χ2v) is 7.64. The Kier molecular flexibility index (Phi) is 5.37. The van der Waals surface area contributed by atoms with Crippen molar-refractivity contribution in [1.82, 2.24) is 14.8 Å². The van der Waals surface area contributed by atoms with E-state index in [1.807, 2.05) is 19.1 Å². The Morgan fingerprint density at radius 2 is 1.90 bits per heavy atom. The highest BCUT2D eigenvalue weighted by molar-refractivity contribution is 6.45. The molecule has 2 amide bonds. The van der Waals surface area contributed by atoms with Crippen molar-refractivity contribution in [3.8, 4) is 5.75 Å². The average Bonchev–Trinajstić information content (AvgIpc) is 3.22. The van der Waals surface area contributed by atoms with Gasteiger partial charge in [0.1, 0.15) is 5.75 Å². The van der Waals surface area contributed by atoms with Gasteiger partial charge in [0.2, 0.25) is 0 Å². The van der Waals surface area contributed by atoms with E-state index in [9.17, 15) is 14.4 Å². The molecule has 1 fully saturated rings. The Balaban J connectivity index is 1.51. The fourth-order valence-electron chi connectivity index (χ4n) is 4.04. The number of hydrogen-bond acceptors (Lipinski definition) is 5. The molecule has 160 valence electrons. The molecule has 2 aromatic carbocycles. The van der Waals surface area contributed by atoms with Crippen molar-refractivity contribution in [3.05, 3.63) is 59.8 Å². The number of methoxy groups -OCH3 is 1. The van der Waals surface area contributed by atoms with E-state index in [0.29, 0.717) is 35.5 Å². The van der Waals surface area contributed by atoms with E-state index in [-0.39, 0.29) is 24.1 Å². The zero-order valence-corrected chi connectivity index (χ0v) is 17.4. The van der Waals surface area contributed by atoms with Crippen molar-refractivity contribution < 1.29 is 19.1 Å². The molecule has 0 saturated carbocycles. The third-order valence-electron chi connectivity index (χ3n) is 5.64. The number of fused-ring (bicyclic) bond motifs is 1. The summed E-state index contributed by atoms with van der Waals surface area (Å²) in [4.78, 5) is 45.1. The summed E-state index contributed by atoms with van der Waals surface area (Å²) < 4.78 is 5.36. The van der Waals surface area contributed by atoms with Crippen molar-refractivity contribution in [2.45, 2.75) is 13.0 Å². The number of piperazine rings is 1. The quantitative estimate of drug-likeness (QED) is 0.383. The third kappa shape index (κ3) is 3.72. The van der Waals surface area contributed by atoms with Crippen molar-refractivity contribution in [2.75, 3.05) is 32.5 Å². The fraction of sp³-hybridized carbons (Fsp3) is 0.261. The number of amides is 2. The van der Waals surface area contributed by atoms with Gasteiger partial charge in [0, 0.05) is 48.6 Å². The standard InChI is InChI=1S/C23H24N4O4/c1-14-13-26(22(29)15-5-3-6-16(24)11-15)9-10-27(14)23(30)21(28)17-12-25-18-7-4-8-19(31-2)20(17)18/h3-8,11-12,14,25H,9-10,13,24H2,1-2H3/t14-/m1/s1. The van der Waals surface area contributed by atoms with Gasteiger partial charge in [0.25, 0.3) is 17.6 Å². The van der Waals surface area contributed by atoms with Gasteiger partial charge in [-0.2, -0.15) is 0 Å². The second kappa shape index (κ2) is 8.14. The number of ether oxygens (including phenoxy) is 1. The molecule has 31 heavy (non-hydrogen) atoms. The largest absolute Gasteiger partial charge is 0.496 e. The lowest BCUT2D eigenvalue weighted by Gasteiger charge is -2.39. The van der Waals surface area contributed by atoms with Gasteiger partial charge < -0.3 is 25.3 Å². The molecule has 1 saturated heterocycles. The molecule has 0 aliphatic carbocycles. The molecular formula is C23H24N4O4. The van der Waals surface area contributed by atoms with Crippen LogP contribution in [0.5, 0.6) is 5.75 Å². The number of nitrogen functional groups attached to an aromatic ring is 1. The molecule has 1 aliphatic rings. The van der Waals surface area contributed by atoms with E-state index in [4.69, 9.17) is 10.5 Å². The highest BCUT2D eigenvalue weighted by Gasteiger charge is 2.34. The van der Waals surface area contributed by atoms with Crippen LogP contribution in [0.2, 0.25) is 0 Å². The Hall–Kier alpha value is -3.81. The number of carbonyl (C=O) groups excluding carboxylic acids is 3. The maximum absolute atomic E-state index is 13.0. The molecule has 8 nitrogen and oxygen atoms in total. The van der Waals surface area contributed by atoms with Crippen LogP contribution in [0.1, 0.15) is 27.6 Å². The minimum Gasteiger partial charge on any atom is -0.496 e. The highest BCUT2D eigenvalue weighted by Crippen LogP contribution is 2.29. The van der Waals surface area contributed by atoms with E-state index in [0.717, 1.165) is 5.52 Å². The Labute approximate surface area is 179 Å². The number of anilines is 1. The summed E-state index contributed by atoms with van der Waals surface area (Å²) in [5, 5.41) is 0.589. The lowest BCUT2D eigenvalue weighted by Crippen LogP contribution is -2.56. The molecule has 1 atom stereocenters. The number of H-pyrrole nitrogens is 1. The molecule has 1 aromatic heterocycles. The van der Waals surface area contributed by atoms with Gasteiger partial charge in [-0.15, -0.1) is 0 Å². The van der Waals surface area contributed by atoms with Gasteiger partial charge in [-0.3, -0.25) is 14.4 Å². The first kappa shape index (κ1) is 20.5. The molecular weight excluding hydrogens is 396 g/mol. The van der Waals surface area contributed by atoms with Gasteiger partial charge in [-0.05, 0) is 37.3 Å². The van der Waals surface area contributed by atoms with E-state index in [1.54, 1.807) is 35.2 Å². The Bertz CT molecular complexity index is 1170. The van der Waals surface area contributed by atoms with Crippen LogP contribution in [-0.2, 0) is 4.79 Å². The summed E-state index contributed by atoms with van der Waals surface area (Å²) in [6, 6.07) is 11.9. The summed E-state index contributed by atoms with van der Waals surface area (Å²) in [5.74, 6) is -0.798. The fourth-order valence-corrected chi connectivity index (χ4v) is 4.04. The minimum atomic E-state index is -0.599. The van der Waals surface area contributed by atoms with Gasteiger partial charge in [0.05, 0.1) is 18.1 Å². The molecule has 2 heterocycles.